The summed E-state index contributed by atoms with van der Waals surface area (Å²) in [6, 6.07) is 0. The predicted octanol–water partition coefficient (Wildman–Crippen LogP) is 1.51. The first-order valence-corrected chi connectivity index (χ1v) is 4.70. The quantitative estimate of drug-likeness (QED) is 0.511. The molecule has 1 amide bonds. The minimum Gasteiger partial charge on any atom is -0.382 e. The molecule has 0 aromatic carbocycles. The van der Waals surface area contributed by atoms with Gasteiger partial charge in [-0.15, -0.1) is 0 Å². The van der Waals surface area contributed by atoms with Crippen LogP contribution in [0.3, 0.4) is 0 Å². The number of carbonyl (C=O) groups excluding carboxylic acids is 1. The Morgan fingerprint density at radius 1 is 1.31 bits per heavy atom. The molecule has 0 aliphatic carbocycles. The molecule has 0 aromatic rings. The summed E-state index contributed by atoms with van der Waals surface area (Å²) < 4.78 is 4.71. The Morgan fingerprint density at radius 3 is 2.38 bits per heavy atom. The van der Waals surface area contributed by atoms with Gasteiger partial charge in [0.2, 0.25) is 5.91 Å². The number of methoxy groups -OCH3 is 1. The predicted molar refractivity (Wildman–Crippen MR) is 52.2 cm³/mol. The fraction of sp³-hybridized carbons (Fsp3) is 0.889. The van der Waals surface area contributed by atoms with Crippen molar-refractivity contribution in [1.29, 1.82) is 0 Å². The minimum atomic E-state index is -0.0800. The highest BCUT2D eigenvalue weighted by atomic mass is 16.7. The molecular weight excluding hydrogens is 170 g/mol. The third-order valence-corrected chi connectivity index (χ3v) is 1.05. The van der Waals surface area contributed by atoms with Crippen molar-refractivity contribution >= 4 is 5.91 Å². The van der Waals surface area contributed by atoms with Gasteiger partial charge < -0.3 is 4.74 Å². The van der Waals surface area contributed by atoms with Gasteiger partial charge in [0.15, 0.2) is 0 Å². The standard InChI is InChI=1S/C7H15NO3.C2H6/c1-3-4-7(9)8-11-6-5-10-2;1-2/h3-6H2,1-2H3,(H,8,9);1-2H3. The molecular formula is C9H21NO3. The highest BCUT2D eigenvalue weighted by Crippen LogP contribution is 1.84. The Balaban J connectivity index is 0. The van der Waals surface area contributed by atoms with Crippen LogP contribution in [-0.4, -0.2) is 26.2 Å². The molecule has 0 aliphatic rings. The highest BCUT2D eigenvalue weighted by Gasteiger charge is 1.96. The minimum absolute atomic E-state index is 0.0800. The van der Waals surface area contributed by atoms with Gasteiger partial charge in [0.1, 0.15) is 0 Å². The molecule has 0 atom stereocenters. The van der Waals surface area contributed by atoms with Crippen LogP contribution >= 0.6 is 0 Å². The van der Waals surface area contributed by atoms with Crippen molar-refractivity contribution in [2.24, 2.45) is 0 Å². The number of hydrogen-bond donors (Lipinski definition) is 1. The summed E-state index contributed by atoms with van der Waals surface area (Å²) in [5, 5.41) is 0. The summed E-state index contributed by atoms with van der Waals surface area (Å²) >= 11 is 0. The van der Waals surface area contributed by atoms with Gasteiger partial charge >= 0.3 is 0 Å². The van der Waals surface area contributed by atoms with Gasteiger partial charge in [0, 0.05) is 13.5 Å². The monoisotopic (exact) mass is 191 g/mol. The Morgan fingerprint density at radius 2 is 1.92 bits per heavy atom. The summed E-state index contributed by atoms with van der Waals surface area (Å²) in [6.07, 6.45) is 1.34. The van der Waals surface area contributed by atoms with Gasteiger partial charge in [-0.1, -0.05) is 20.8 Å². The summed E-state index contributed by atoms with van der Waals surface area (Å²) in [5.74, 6) is -0.0800. The number of ether oxygens (including phenoxy) is 1. The van der Waals surface area contributed by atoms with Crippen LogP contribution in [-0.2, 0) is 14.4 Å². The smallest absolute Gasteiger partial charge is 0.243 e. The van der Waals surface area contributed by atoms with Gasteiger partial charge in [-0.25, -0.2) is 5.48 Å². The van der Waals surface area contributed by atoms with Crippen LogP contribution < -0.4 is 5.48 Å². The van der Waals surface area contributed by atoms with Crippen molar-refractivity contribution in [3.05, 3.63) is 0 Å². The van der Waals surface area contributed by atoms with E-state index in [2.05, 4.69) is 5.48 Å². The molecule has 0 aromatic heterocycles. The lowest BCUT2D eigenvalue weighted by atomic mass is 10.3. The molecule has 4 heteroatoms. The second-order valence-electron chi connectivity index (χ2n) is 2.12. The molecule has 0 saturated heterocycles. The van der Waals surface area contributed by atoms with Gasteiger partial charge in [0.05, 0.1) is 13.2 Å². The zero-order valence-corrected chi connectivity index (χ0v) is 9.05. The Kier molecular flexibility index (Phi) is 16.0. The van der Waals surface area contributed by atoms with Crippen molar-refractivity contribution < 1.29 is 14.4 Å². The number of amides is 1. The van der Waals surface area contributed by atoms with E-state index in [1.54, 1.807) is 7.11 Å². The number of rotatable bonds is 6. The van der Waals surface area contributed by atoms with Crippen LogP contribution in [0.2, 0.25) is 0 Å². The maximum absolute atomic E-state index is 10.7. The van der Waals surface area contributed by atoms with Gasteiger partial charge in [-0.3, -0.25) is 9.63 Å². The van der Waals surface area contributed by atoms with Gasteiger partial charge in [0.25, 0.3) is 0 Å². The molecule has 0 aliphatic heterocycles. The summed E-state index contributed by atoms with van der Waals surface area (Å²) in [7, 11) is 1.58. The maximum Gasteiger partial charge on any atom is 0.243 e. The Bertz CT molecular complexity index is 107. The molecule has 80 valence electrons. The highest BCUT2D eigenvalue weighted by molar-refractivity contribution is 5.74. The van der Waals surface area contributed by atoms with Crippen LogP contribution in [0.1, 0.15) is 33.6 Å². The van der Waals surface area contributed by atoms with E-state index in [1.807, 2.05) is 20.8 Å². The summed E-state index contributed by atoms with van der Waals surface area (Å²) in [6.45, 7) is 6.83. The average Bonchev–Trinajstić information content (AvgIpc) is 2.16. The molecule has 0 fully saturated rings. The Hall–Kier alpha value is -0.610. The normalized spacial score (nSPS) is 8.62. The van der Waals surface area contributed by atoms with E-state index in [0.29, 0.717) is 19.6 Å². The van der Waals surface area contributed by atoms with Gasteiger partial charge in [-0.05, 0) is 6.42 Å². The van der Waals surface area contributed by atoms with E-state index in [9.17, 15) is 4.79 Å². The molecule has 4 nitrogen and oxygen atoms in total. The van der Waals surface area contributed by atoms with Crippen LogP contribution in [0.4, 0.5) is 0 Å². The largest absolute Gasteiger partial charge is 0.382 e. The number of hydrogen-bond acceptors (Lipinski definition) is 3. The molecule has 0 saturated carbocycles. The molecule has 0 radical (unpaired) electrons. The first-order valence-electron chi connectivity index (χ1n) is 4.70. The molecule has 0 rings (SSSR count). The van der Waals surface area contributed by atoms with E-state index >= 15 is 0 Å². The molecule has 0 bridgehead atoms. The van der Waals surface area contributed by atoms with Crippen LogP contribution in [0.5, 0.6) is 0 Å². The van der Waals surface area contributed by atoms with Crippen LogP contribution in [0, 0.1) is 0 Å². The van der Waals surface area contributed by atoms with Crippen molar-refractivity contribution in [3.8, 4) is 0 Å². The summed E-state index contributed by atoms with van der Waals surface area (Å²) in [5.41, 5.74) is 2.30. The second-order valence-corrected chi connectivity index (χ2v) is 2.12. The van der Waals surface area contributed by atoms with Crippen LogP contribution in [0.15, 0.2) is 0 Å². The van der Waals surface area contributed by atoms with Crippen LogP contribution in [0.25, 0.3) is 0 Å². The van der Waals surface area contributed by atoms with Crippen molar-refractivity contribution in [1.82, 2.24) is 5.48 Å². The van der Waals surface area contributed by atoms with Crippen molar-refractivity contribution in [2.45, 2.75) is 33.6 Å². The maximum atomic E-state index is 10.7. The molecule has 1 N–H and O–H groups in total. The molecule has 0 unspecified atom stereocenters. The molecule has 13 heavy (non-hydrogen) atoms. The fourth-order valence-corrected chi connectivity index (χ4v) is 0.535. The number of nitrogens with one attached hydrogen (secondary N) is 1. The van der Waals surface area contributed by atoms with Gasteiger partial charge in [-0.2, -0.15) is 0 Å². The lowest BCUT2D eigenvalue weighted by Crippen LogP contribution is -2.24. The average molecular weight is 191 g/mol. The van der Waals surface area contributed by atoms with Crippen molar-refractivity contribution in [2.75, 3.05) is 20.3 Å². The molecule has 0 spiro atoms. The topological polar surface area (TPSA) is 47.6 Å². The lowest BCUT2D eigenvalue weighted by Gasteiger charge is -2.03. The Labute approximate surface area is 80.6 Å². The lowest BCUT2D eigenvalue weighted by molar-refractivity contribution is -0.134. The summed E-state index contributed by atoms with van der Waals surface area (Å²) in [4.78, 5) is 15.5. The molecule has 0 heterocycles. The number of hydroxylamine groups is 1. The van der Waals surface area contributed by atoms with Crippen molar-refractivity contribution in [3.63, 3.8) is 0 Å². The first-order chi connectivity index (χ1) is 6.31. The van der Waals surface area contributed by atoms with E-state index in [0.717, 1.165) is 6.42 Å². The zero-order valence-electron chi connectivity index (χ0n) is 9.05. The van der Waals surface area contributed by atoms with E-state index in [4.69, 9.17) is 9.57 Å². The SMILES string of the molecule is CC.CCCC(=O)NOCCOC. The number of carbonyl (C=O) groups is 1. The van der Waals surface area contributed by atoms with E-state index in [1.165, 1.54) is 0 Å². The zero-order chi connectivity index (χ0) is 10.5. The second kappa shape index (κ2) is 13.9. The van der Waals surface area contributed by atoms with E-state index in [-0.39, 0.29) is 5.91 Å². The van der Waals surface area contributed by atoms with E-state index < -0.39 is 0 Å². The first kappa shape index (κ1) is 14.9. The third-order valence-electron chi connectivity index (χ3n) is 1.05. The fourth-order valence-electron chi connectivity index (χ4n) is 0.535. The third kappa shape index (κ3) is 14.3.